The van der Waals surface area contributed by atoms with Crippen molar-refractivity contribution in [2.75, 3.05) is 26.3 Å². The first-order valence-corrected chi connectivity index (χ1v) is 12.7. The molecule has 0 heterocycles. The summed E-state index contributed by atoms with van der Waals surface area (Å²) in [6.07, 6.45) is 1.53. The average molecular weight is 561 g/mol. The molecule has 0 aliphatic carbocycles. The fourth-order valence-corrected chi connectivity index (χ4v) is 2.79. The number of thiocarbonyl (C=S) groups is 2. The second-order valence-corrected chi connectivity index (χ2v) is 8.26. The van der Waals surface area contributed by atoms with Crippen LogP contribution in [0.5, 0.6) is 0 Å². The minimum atomic E-state index is -0.404. The number of benzene rings is 2. The van der Waals surface area contributed by atoms with Gasteiger partial charge in [0.2, 0.25) is 0 Å². The Balaban J connectivity index is 0.000000380. The lowest BCUT2D eigenvalue weighted by Gasteiger charge is -2.09. The van der Waals surface area contributed by atoms with Crippen LogP contribution >= 0.6 is 24.4 Å². The zero-order chi connectivity index (χ0) is 28.2. The normalized spacial score (nSPS) is 9.53. The fourth-order valence-electron chi connectivity index (χ4n) is 2.46. The number of amides is 2. The number of hydrogen-bond acceptors (Lipinski definition) is 8. The largest absolute Gasteiger partial charge is 0.464 e. The van der Waals surface area contributed by atoms with Crippen LogP contribution in [0.4, 0.5) is 0 Å². The van der Waals surface area contributed by atoms with Crippen molar-refractivity contribution in [3.63, 3.8) is 0 Å². The zero-order valence-corrected chi connectivity index (χ0v) is 22.9. The van der Waals surface area contributed by atoms with Crippen molar-refractivity contribution in [2.24, 2.45) is 0 Å². The van der Waals surface area contributed by atoms with Crippen molar-refractivity contribution in [1.82, 2.24) is 21.3 Å². The first kappa shape index (κ1) is 32.1. The molecular formula is C26H32N4O6S2. The number of carbonyl (C=O) groups excluding carboxylic acids is 4. The van der Waals surface area contributed by atoms with Gasteiger partial charge >= 0.3 is 11.9 Å². The van der Waals surface area contributed by atoms with Gasteiger partial charge < -0.3 is 20.1 Å². The van der Waals surface area contributed by atoms with Crippen LogP contribution in [0.25, 0.3) is 0 Å². The van der Waals surface area contributed by atoms with Crippen LogP contribution in [0.2, 0.25) is 0 Å². The van der Waals surface area contributed by atoms with Gasteiger partial charge in [0.1, 0.15) is 13.1 Å². The molecule has 0 atom stereocenters. The van der Waals surface area contributed by atoms with Crippen LogP contribution < -0.4 is 21.3 Å². The van der Waals surface area contributed by atoms with Crippen LogP contribution in [-0.4, -0.2) is 60.3 Å². The van der Waals surface area contributed by atoms with E-state index < -0.39 is 11.9 Å². The van der Waals surface area contributed by atoms with Crippen molar-refractivity contribution in [3.05, 3.63) is 71.8 Å². The Morgan fingerprint density at radius 3 is 1.29 bits per heavy atom. The third-order valence-corrected chi connectivity index (χ3v) is 4.74. The maximum absolute atomic E-state index is 11.7. The van der Waals surface area contributed by atoms with E-state index in [2.05, 4.69) is 21.3 Å². The number of hydrogen-bond donors (Lipinski definition) is 4. The molecule has 2 aromatic carbocycles. The molecular weight excluding hydrogens is 528 g/mol. The molecule has 0 aromatic heterocycles. The minimum absolute atomic E-state index is 0.0616. The molecule has 0 unspecified atom stereocenters. The van der Waals surface area contributed by atoms with E-state index in [1.54, 1.807) is 48.5 Å². The van der Waals surface area contributed by atoms with Gasteiger partial charge in [-0.2, -0.15) is 0 Å². The Morgan fingerprint density at radius 1 is 0.632 bits per heavy atom. The van der Waals surface area contributed by atoms with E-state index >= 15 is 0 Å². The van der Waals surface area contributed by atoms with Crippen molar-refractivity contribution in [1.29, 1.82) is 0 Å². The summed E-state index contributed by atoms with van der Waals surface area (Å²) in [5.41, 5.74) is 1.00. The molecule has 0 aliphatic rings. The second-order valence-electron chi connectivity index (χ2n) is 7.45. The standard InChI is InChI=1S/2C13H16N2O3S/c2*1-2-8-18-11(16)9-14-13(19)15-12(17)10-6-4-3-5-7-10/h2*3-7H,2,8-9H2,1H3,(H2,14,15,17,19). The van der Waals surface area contributed by atoms with Crippen LogP contribution in [0, 0.1) is 0 Å². The van der Waals surface area contributed by atoms with Gasteiger partial charge in [0, 0.05) is 11.1 Å². The molecule has 2 rings (SSSR count). The quantitative estimate of drug-likeness (QED) is 0.254. The predicted molar refractivity (Wildman–Crippen MR) is 152 cm³/mol. The first-order chi connectivity index (χ1) is 18.3. The minimum Gasteiger partial charge on any atom is -0.464 e. The summed E-state index contributed by atoms with van der Waals surface area (Å²) < 4.78 is 9.71. The Bertz CT molecular complexity index is 982. The highest BCUT2D eigenvalue weighted by molar-refractivity contribution is 7.80. The second kappa shape index (κ2) is 19.2. The zero-order valence-electron chi connectivity index (χ0n) is 21.3. The van der Waals surface area contributed by atoms with E-state index in [0.717, 1.165) is 12.8 Å². The van der Waals surface area contributed by atoms with Crippen molar-refractivity contribution in [2.45, 2.75) is 26.7 Å². The van der Waals surface area contributed by atoms with E-state index in [4.69, 9.17) is 33.9 Å². The maximum Gasteiger partial charge on any atom is 0.325 e. The molecule has 0 bridgehead atoms. The van der Waals surface area contributed by atoms with E-state index in [9.17, 15) is 19.2 Å². The van der Waals surface area contributed by atoms with Gasteiger partial charge in [-0.3, -0.25) is 29.8 Å². The van der Waals surface area contributed by atoms with Crippen LogP contribution in [-0.2, 0) is 19.1 Å². The molecule has 12 heteroatoms. The average Bonchev–Trinajstić information content (AvgIpc) is 2.94. The molecule has 2 aromatic rings. The summed E-state index contributed by atoms with van der Waals surface area (Å²) in [6, 6.07) is 17.4. The predicted octanol–water partition coefficient (Wildman–Crippen LogP) is 2.49. The molecule has 0 aliphatic heterocycles. The summed E-state index contributed by atoms with van der Waals surface area (Å²) in [5, 5.41) is 10.4. The molecule has 38 heavy (non-hydrogen) atoms. The van der Waals surface area contributed by atoms with Gasteiger partial charge in [-0.1, -0.05) is 50.2 Å². The number of carbonyl (C=O) groups is 4. The molecule has 0 saturated carbocycles. The summed E-state index contributed by atoms with van der Waals surface area (Å²) in [4.78, 5) is 45.8. The SMILES string of the molecule is CCCOC(=O)CNC(=S)NC(=O)c1ccccc1.CCCOC(=O)CNC(=S)NC(=O)c1ccccc1. The Labute approximate surface area is 232 Å². The lowest BCUT2D eigenvalue weighted by molar-refractivity contribution is -0.143. The van der Waals surface area contributed by atoms with Gasteiger partial charge in [0.15, 0.2) is 10.2 Å². The Kier molecular flexibility index (Phi) is 16.3. The lowest BCUT2D eigenvalue weighted by atomic mass is 10.2. The number of rotatable bonds is 10. The van der Waals surface area contributed by atoms with Crippen molar-refractivity contribution >= 4 is 58.4 Å². The molecule has 2 amide bonds. The van der Waals surface area contributed by atoms with Crippen molar-refractivity contribution in [3.8, 4) is 0 Å². The van der Waals surface area contributed by atoms with Crippen molar-refractivity contribution < 1.29 is 28.7 Å². The molecule has 0 radical (unpaired) electrons. The third kappa shape index (κ3) is 14.6. The third-order valence-electron chi connectivity index (χ3n) is 4.25. The summed E-state index contributed by atoms with van der Waals surface area (Å²) >= 11 is 9.82. The van der Waals surface area contributed by atoms with E-state index in [0.29, 0.717) is 24.3 Å². The molecule has 4 N–H and O–H groups in total. The van der Waals surface area contributed by atoms with E-state index in [1.165, 1.54) is 0 Å². The topological polar surface area (TPSA) is 135 Å². The highest BCUT2D eigenvalue weighted by Crippen LogP contribution is 1.98. The lowest BCUT2D eigenvalue weighted by Crippen LogP contribution is -2.41. The van der Waals surface area contributed by atoms with E-state index in [-0.39, 0.29) is 35.1 Å². The molecule has 0 saturated heterocycles. The summed E-state index contributed by atoms with van der Waals surface area (Å²) in [6.45, 7) is 4.45. The highest BCUT2D eigenvalue weighted by atomic mass is 32.1. The fraction of sp³-hybridized carbons (Fsp3) is 0.308. The molecule has 204 valence electrons. The van der Waals surface area contributed by atoms with Crippen LogP contribution in [0.1, 0.15) is 47.4 Å². The van der Waals surface area contributed by atoms with Gasteiger partial charge in [0.05, 0.1) is 13.2 Å². The number of nitrogens with one attached hydrogen (secondary N) is 4. The van der Waals surface area contributed by atoms with E-state index in [1.807, 2.05) is 26.0 Å². The highest BCUT2D eigenvalue weighted by Gasteiger charge is 2.09. The van der Waals surface area contributed by atoms with Gasteiger partial charge in [0.25, 0.3) is 11.8 Å². The molecule has 10 nitrogen and oxygen atoms in total. The molecule has 0 spiro atoms. The summed E-state index contributed by atoms with van der Waals surface area (Å²) in [7, 11) is 0. The van der Waals surface area contributed by atoms with Gasteiger partial charge in [-0.05, 0) is 61.5 Å². The number of esters is 2. The Morgan fingerprint density at radius 2 is 0.974 bits per heavy atom. The maximum atomic E-state index is 11.7. The van der Waals surface area contributed by atoms with Crippen LogP contribution in [0.15, 0.2) is 60.7 Å². The Hall–Kier alpha value is -3.90. The van der Waals surface area contributed by atoms with Gasteiger partial charge in [-0.25, -0.2) is 0 Å². The first-order valence-electron chi connectivity index (χ1n) is 11.9. The number of ether oxygens (including phenoxy) is 2. The molecule has 0 fully saturated rings. The summed E-state index contributed by atoms with van der Waals surface area (Å²) in [5.74, 6) is -1.45. The smallest absolute Gasteiger partial charge is 0.325 e. The van der Waals surface area contributed by atoms with Gasteiger partial charge in [-0.15, -0.1) is 0 Å². The van der Waals surface area contributed by atoms with Crippen LogP contribution in [0.3, 0.4) is 0 Å². The monoisotopic (exact) mass is 560 g/mol.